The first-order valence-corrected chi connectivity index (χ1v) is 9.45. The molecule has 0 aromatic heterocycles. The quantitative estimate of drug-likeness (QED) is 0.479. The molecule has 0 amide bonds. The maximum atomic E-state index is 11.3. The fourth-order valence-electron chi connectivity index (χ4n) is 2.72. The fourth-order valence-corrected chi connectivity index (χ4v) is 3.23. The Kier molecular flexibility index (Phi) is 4.76. The predicted molar refractivity (Wildman–Crippen MR) is 100 cm³/mol. The van der Waals surface area contributed by atoms with Crippen LogP contribution in [0.25, 0.3) is 10.8 Å². The first-order valence-electron chi connectivity index (χ1n) is 8.01. The van der Waals surface area contributed by atoms with Gasteiger partial charge in [-0.05, 0) is 41.1 Å². The van der Waals surface area contributed by atoms with E-state index >= 15 is 0 Å². The number of hydrogen-bond acceptors (Lipinski definition) is 5. The SMILES string of the molecule is CC(C)c1ccccc1N=Nc1c(O)ccc2cc(S(=O)(=O)O)ccc12. The molecule has 26 heavy (non-hydrogen) atoms. The molecule has 2 N–H and O–H groups in total. The number of hydrogen-bond donors (Lipinski definition) is 2. The molecule has 0 fully saturated rings. The standard InChI is InChI=1S/C19H18N2O4S/c1-12(2)15-5-3-4-6-17(15)20-21-19-16-9-8-14(26(23,24)25)11-13(16)7-10-18(19)22/h3-12,22H,1-2H3,(H,23,24,25). The number of phenolic OH excluding ortho intramolecular Hbond substituents is 1. The van der Waals surface area contributed by atoms with Crippen molar-refractivity contribution in [3.63, 3.8) is 0 Å². The highest BCUT2D eigenvalue weighted by Gasteiger charge is 2.13. The molecule has 0 heterocycles. The van der Waals surface area contributed by atoms with E-state index in [4.69, 9.17) is 0 Å². The van der Waals surface area contributed by atoms with Crippen LogP contribution in [0, 0.1) is 0 Å². The molecule has 3 aromatic rings. The van der Waals surface area contributed by atoms with Gasteiger partial charge in [0.25, 0.3) is 10.1 Å². The molecule has 0 atom stereocenters. The van der Waals surface area contributed by atoms with E-state index in [1.807, 2.05) is 24.3 Å². The molecule has 0 aliphatic rings. The van der Waals surface area contributed by atoms with Crippen molar-refractivity contribution in [2.24, 2.45) is 10.2 Å². The monoisotopic (exact) mass is 370 g/mol. The predicted octanol–water partition coefficient (Wildman–Crippen LogP) is 5.33. The smallest absolute Gasteiger partial charge is 0.294 e. The van der Waals surface area contributed by atoms with E-state index in [9.17, 15) is 18.1 Å². The molecule has 0 spiro atoms. The van der Waals surface area contributed by atoms with Crippen molar-refractivity contribution in [1.82, 2.24) is 0 Å². The first kappa shape index (κ1) is 18.0. The molecule has 0 saturated carbocycles. The Labute approximate surface area is 151 Å². The van der Waals surface area contributed by atoms with Crippen molar-refractivity contribution in [3.05, 3.63) is 60.2 Å². The molecule has 0 aliphatic heterocycles. The lowest BCUT2D eigenvalue weighted by atomic mass is 10.0. The topological polar surface area (TPSA) is 99.3 Å². The van der Waals surface area contributed by atoms with Crippen molar-refractivity contribution in [2.45, 2.75) is 24.7 Å². The van der Waals surface area contributed by atoms with Crippen LogP contribution in [0.2, 0.25) is 0 Å². The van der Waals surface area contributed by atoms with Gasteiger partial charge in [0.1, 0.15) is 11.4 Å². The van der Waals surface area contributed by atoms with Crippen LogP contribution in [-0.4, -0.2) is 18.1 Å². The lowest BCUT2D eigenvalue weighted by Crippen LogP contribution is -1.97. The first-order chi connectivity index (χ1) is 12.3. The number of rotatable bonds is 4. The van der Waals surface area contributed by atoms with Gasteiger partial charge >= 0.3 is 0 Å². The molecule has 0 bridgehead atoms. The molecular formula is C19H18N2O4S. The number of phenols is 1. The minimum Gasteiger partial charge on any atom is -0.506 e. The number of azo groups is 1. The molecule has 0 aliphatic carbocycles. The third-order valence-corrected chi connectivity index (χ3v) is 4.91. The van der Waals surface area contributed by atoms with E-state index in [-0.39, 0.29) is 22.3 Å². The Morgan fingerprint density at radius 3 is 2.38 bits per heavy atom. The van der Waals surface area contributed by atoms with Crippen LogP contribution >= 0.6 is 0 Å². The third kappa shape index (κ3) is 3.58. The lowest BCUT2D eigenvalue weighted by Gasteiger charge is -2.08. The van der Waals surface area contributed by atoms with Crippen LogP contribution in [0.5, 0.6) is 5.75 Å². The summed E-state index contributed by atoms with van der Waals surface area (Å²) in [5, 5.41) is 19.7. The van der Waals surface area contributed by atoms with Crippen LogP contribution in [0.4, 0.5) is 11.4 Å². The van der Waals surface area contributed by atoms with E-state index in [0.29, 0.717) is 16.5 Å². The Balaban J connectivity index is 2.12. The van der Waals surface area contributed by atoms with Gasteiger partial charge in [0.15, 0.2) is 0 Å². The summed E-state index contributed by atoms with van der Waals surface area (Å²) in [5.41, 5.74) is 1.97. The van der Waals surface area contributed by atoms with Crippen molar-refractivity contribution in [1.29, 1.82) is 0 Å². The van der Waals surface area contributed by atoms with Crippen LogP contribution in [-0.2, 0) is 10.1 Å². The van der Waals surface area contributed by atoms with Gasteiger partial charge in [0.2, 0.25) is 0 Å². The highest BCUT2D eigenvalue weighted by molar-refractivity contribution is 7.85. The molecule has 3 aromatic carbocycles. The van der Waals surface area contributed by atoms with Gasteiger partial charge in [-0.15, -0.1) is 5.11 Å². The lowest BCUT2D eigenvalue weighted by molar-refractivity contribution is 0.477. The number of aromatic hydroxyl groups is 1. The van der Waals surface area contributed by atoms with E-state index in [1.165, 1.54) is 24.3 Å². The number of benzene rings is 3. The summed E-state index contributed by atoms with van der Waals surface area (Å²) in [6.45, 7) is 4.11. The maximum Gasteiger partial charge on any atom is 0.294 e. The van der Waals surface area contributed by atoms with Crippen LogP contribution in [0.3, 0.4) is 0 Å². The van der Waals surface area contributed by atoms with Gasteiger partial charge in [0.05, 0.1) is 10.6 Å². The van der Waals surface area contributed by atoms with Crippen LogP contribution in [0.1, 0.15) is 25.3 Å². The summed E-state index contributed by atoms with van der Waals surface area (Å²) >= 11 is 0. The van der Waals surface area contributed by atoms with E-state index in [0.717, 1.165) is 5.56 Å². The van der Waals surface area contributed by atoms with Gasteiger partial charge in [0, 0.05) is 5.39 Å². The van der Waals surface area contributed by atoms with Crippen molar-refractivity contribution >= 4 is 32.3 Å². The minimum absolute atomic E-state index is 0.0668. The molecule has 0 unspecified atom stereocenters. The van der Waals surface area contributed by atoms with Gasteiger partial charge in [-0.25, -0.2) is 0 Å². The normalized spacial score (nSPS) is 12.3. The zero-order valence-corrected chi connectivity index (χ0v) is 15.1. The van der Waals surface area contributed by atoms with Crippen molar-refractivity contribution in [3.8, 4) is 5.75 Å². The molecule has 7 heteroatoms. The number of fused-ring (bicyclic) bond motifs is 1. The van der Waals surface area contributed by atoms with E-state index in [2.05, 4.69) is 24.1 Å². The zero-order chi connectivity index (χ0) is 18.9. The largest absolute Gasteiger partial charge is 0.506 e. The summed E-state index contributed by atoms with van der Waals surface area (Å²) in [7, 11) is -4.30. The molecule has 0 radical (unpaired) electrons. The average Bonchev–Trinajstić information content (AvgIpc) is 2.60. The third-order valence-electron chi connectivity index (χ3n) is 4.06. The molecule has 0 saturated heterocycles. The summed E-state index contributed by atoms with van der Waals surface area (Å²) in [5.74, 6) is 0.200. The Morgan fingerprint density at radius 2 is 1.69 bits per heavy atom. The number of nitrogens with zero attached hydrogens (tertiary/aromatic N) is 2. The molecule has 134 valence electrons. The Bertz CT molecular complexity index is 1110. The van der Waals surface area contributed by atoms with Gasteiger partial charge in [-0.1, -0.05) is 44.2 Å². The van der Waals surface area contributed by atoms with E-state index in [1.54, 1.807) is 6.07 Å². The van der Waals surface area contributed by atoms with Gasteiger partial charge in [-0.3, -0.25) is 4.55 Å². The highest BCUT2D eigenvalue weighted by atomic mass is 32.2. The van der Waals surface area contributed by atoms with Crippen LogP contribution in [0.15, 0.2) is 69.7 Å². The molecule has 6 nitrogen and oxygen atoms in total. The average molecular weight is 370 g/mol. The summed E-state index contributed by atoms with van der Waals surface area (Å²) in [6, 6.07) is 14.7. The second-order valence-corrected chi connectivity index (χ2v) is 7.63. The van der Waals surface area contributed by atoms with Crippen molar-refractivity contribution in [2.75, 3.05) is 0 Å². The highest BCUT2D eigenvalue weighted by Crippen LogP contribution is 2.37. The second-order valence-electron chi connectivity index (χ2n) is 6.20. The zero-order valence-electron chi connectivity index (χ0n) is 14.3. The minimum atomic E-state index is -4.30. The second kappa shape index (κ2) is 6.86. The Hall–Kier alpha value is -2.77. The summed E-state index contributed by atoms with van der Waals surface area (Å²) in [4.78, 5) is -0.219. The fraction of sp³-hybridized carbons (Fsp3) is 0.158. The van der Waals surface area contributed by atoms with Crippen molar-refractivity contribution < 1.29 is 18.1 Å². The molecular weight excluding hydrogens is 352 g/mol. The Morgan fingerprint density at radius 1 is 0.962 bits per heavy atom. The van der Waals surface area contributed by atoms with Crippen LogP contribution < -0.4 is 0 Å². The summed E-state index contributed by atoms with van der Waals surface area (Å²) in [6.07, 6.45) is 0. The van der Waals surface area contributed by atoms with Gasteiger partial charge < -0.3 is 5.11 Å². The summed E-state index contributed by atoms with van der Waals surface area (Å²) < 4.78 is 31.8. The van der Waals surface area contributed by atoms with E-state index < -0.39 is 10.1 Å². The maximum absolute atomic E-state index is 11.3. The molecule has 3 rings (SSSR count). The van der Waals surface area contributed by atoms with Gasteiger partial charge in [-0.2, -0.15) is 13.5 Å².